The van der Waals surface area contributed by atoms with Crippen LogP contribution in [0.1, 0.15) is 29.5 Å². The topological polar surface area (TPSA) is 53.8 Å². The number of aromatic nitrogens is 1. The van der Waals surface area contributed by atoms with Gasteiger partial charge in [0.1, 0.15) is 17.7 Å². The maximum atomic E-state index is 14.3. The Labute approximate surface area is 158 Å². The van der Waals surface area contributed by atoms with Gasteiger partial charge in [-0.05, 0) is 41.7 Å². The Balaban J connectivity index is 1.55. The van der Waals surface area contributed by atoms with Gasteiger partial charge in [-0.15, -0.1) is 0 Å². The molecule has 0 aliphatic carbocycles. The average molecular weight is 358 g/mol. The molecule has 4 heteroatoms. The third-order valence-electron chi connectivity index (χ3n) is 4.43. The van der Waals surface area contributed by atoms with Gasteiger partial charge in [-0.2, -0.15) is 5.26 Å². The van der Waals surface area contributed by atoms with Crippen LogP contribution in [-0.4, -0.2) is 10.8 Å². The van der Waals surface area contributed by atoms with E-state index in [1.165, 1.54) is 6.07 Å². The Morgan fingerprint density at radius 1 is 1.04 bits per heavy atom. The monoisotopic (exact) mass is 358 g/mol. The van der Waals surface area contributed by atoms with Crippen LogP contribution in [0.15, 0.2) is 67.0 Å². The highest BCUT2D eigenvalue weighted by Crippen LogP contribution is 2.25. The van der Waals surface area contributed by atoms with E-state index in [1.54, 1.807) is 24.5 Å². The number of Topliss-reactive ketones (excluding diaryl/α,β-unsaturated/α-hetero) is 1. The van der Waals surface area contributed by atoms with Gasteiger partial charge in [0.2, 0.25) is 0 Å². The largest absolute Gasteiger partial charge is 0.299 e. The van der Waals surface area contributed by atoms with Crippen molar-refractivity contribution >= 4 is 5.78 Å². The van der Waals surface area contributed by atoms with Crippen LogP contribution in [0.4, 0.5) is 4.39 Å². The fourth-order valence-corrected chi connectivity index (χ4v) is 3.00. The molecular formula is C23H19FN2O. The van der Waals surface area contributed by atoms with E-state index in [0.717, 1.165) is 29.5 Å². The maximum absolute atomic E-state index is 14.3. The molecule has 3 rings (SSSR count). The summed E-state index contributed by atoms with van der Waals surface area (Å²) >= 11 is 0. The Bertz CT molecular complexity index is 960. The summed E-state index contributed by atoms with van der Waals surface area (Å²) in [6, 6.07) is 18.0. The van der Waals surface area contributed by atoms with Crippen LogP contribution in [0, 0.1) is 17.1 Å². The van der Waals surface area contributed by atoms with E-state index >= 15 is 0 Å². The lowest BCUT2D eigenvalue weighted by atomic mass is 9.99. The number of carbonyl (C=O) groups excluding carboxylic acids is 1. The number of benzene rings is 2. The number of aryl methyl sites for hydroxylation is 1. The highest BCUT2D eigenvalue weighted by molar-refractivity contribution is 5.80. The summed E-state index contributed by atoms with van der Waals surface area (Å²) in [4.78, 5) is 16.1. The second-order valence-corrected chi connectivity index (χ2v) is 6.41. The predicted octanol–water partition coefficient (Wildman–Crippen LogP) is 4.89. The van der Waals surface area contributed by atoms with Crippen molar-refractivity contribution in [3.8, 4) is 17.2 Å². The molecule has 3 aromatic rings. The first-order chi connectivity index (χ1) is 13.2. The molecule has 0 spiro atoms. The Hall–Kier alpha value is -3.32. The number of halogens is 1. The van der Waals surface area contributed by atoms with E-state index in [0.29, 0.717) is 18.4 Å². The summed E-state index contributed by atoms with van der Waals surface area (Å²) in [5, 5.41) is 8.95. The molecule has 0 saturated carbocycles. The van der Waals surface area contributed by atoms with Crippen LogP contribution in [0.2, 0.25) is 0 Å². The number of nitrogens with zero attached hydrogens (tertiary/aromatic N) is 2. The lowest BCUT2D eigenvalue weighted by molar-refractivity contribution is -0.118. The molecule has 0 unspecified atom stereocenters. The number of ketones is 1. The second kappa shape index (κ2) is 8.86. The SMILES string of the molecule is N#Cc1cccc(-c2ccc(CCCC(=O)Cc3cccnc3)cc2)c1F. The zero-order chi connectivity index (χ0) is 19.1. The van der Waals surface area contributed by atoms with E-state index in [-0.39, 0.29) is 11.3 Å². The Kier molecular flexibility index (Phi) is 6.06. The van der Waals surface area contributed by atoms with Crippen LogP contribution in [-0.2, 0) is 17.6 Å². The predicted molar refractivity (Wildman–Crippen MR) is 102 cm³/mol. The number of pyridine rings is 1. The minimum atomic E-state index is -0.492. The number of carbonyl (C=O) groups is 1. The van der Waals surface area contributed by atoms with Crippen LogP contribution >= 0.6 is 0 Å². The number of hydrogen-bond donors (Lipinski definition) is 0. The van der Waals surface area contributed by atoms with E-state index < -0.39 is 5.82 Å². The fraction of sp³-hybridized carbons (Fsp3) is 0.174. The molecule has 0 aliphatic rings. The molecular weight excluding hydrogens is 339 g/mol. The second-order valence-electron chi connectivity index (χ2n) is 6.41. The van der Waals surface area contributed by atoms with Gasteiger partial charge in [-0.1, -0.05) is 42.5 Å². The normalized spacial score (nSPS) is 10.4. The lowest BCUT2D eigenvalue weighted by Gasteiger charge is -2.07. The summed E-state index contributed by atoms with van der Waals surface area (Å²) in [7, 11) is 0. The molecule has 134 valence electrons. The van der Waals surface area contributed by atoms with Gasteiger partial charge in [-0.3, -0.25) is 9.78 Å². The molecule has 0 atom stereocenters. The molecule has 0 fully saturated rings. The summed E-state index contributed by atoms with van der Waals surface area (Å²) in [5.41, 5.74) is 3.25. The third kappa shape index (κ3) is 4.86. The van der Waals surface area contributed by atoms with Crippen LogP contribution in [0.25, 0.3) is 11.1 Å². The molecule has 0 saturated heterocycles. The van der Waals surface area contributed by atoms with Crippen molar-refractivity contribution in [1.82, 2.24) is 4.98 Å². The van der Waals surface area contributed by atoms with Crippen molar-refractivity contribution in [2.45, 2.75) is 25.7 Å². The quantitative estimate of drug-likeness (QED) is 0.604. The summed E-state index contributed by atoms with van der Waals surface area (Å²) in [5.74, 6) is -0.288. The van der Waals surface area contributed by atoms with Crippen molar-refractivity contribution in [2.24, 2.45) is 0 Å². The highest BCUT2D eigenvalue weighted by atomic mass is 19.1. The van der Waals surface area contributed by atoms with Crippen molar-refractivity contribution in [3.05, 3.63) is 89.5 Å². The standard InChI is InChI=1S/C23H19FN2O/c24-23-20(15-25)6-2-8-22(23)19-11-9-17(10-12-19)4-1-7-21(27)14-18-5-3-13-26-16-18/h2-3,5-6,8-13,16H,1,4,7,14H2. The van der Waals surface area contributed by atoms with Gasteiger partial charge >= 0.3 is 0 Å². The first kappa shape index (κ1) is 18.5. The molecule has 3 nitrogen and oxygen atoms in total. The minimum absolute atomic E-state index is 0.0451. The zero-order valence-corrected chi connectivity index (χ0v) is 14.9. The van der Waals surface area contributed by atoms with Crippen molar-refractivity contribution in [1.29, 1.82) is 5.26 Å². The molecule has 1 heterocycles. The van der Waals surface area contributed by atoms with Gasteiger partial charge < -0.3 is 0 Å². The molecule has 0 N–H and O–H groups in total. The average Bonchev–Trinajstić information content (AvgIpc) is 2.69. The fourth-order valence-electron chi connectivity index (χ4n) is 3.00. The molecule has 0 aliphatic heterocycles. The number of rotatable bonds is 7. The van der Waals surface area contributed by atoms with Gasteiger partial charge in [-0.25, -0.2) is 4.39 Å². The minimum Gasteiger partial charge on any atom is -0.299 e. The van der Waals surface area contributed by atoms with Gasteiger partial charge in [0.05, 0.1) is 5.56 Å². The smallest absolute Gasteiger partial charge is 0.148 e. The van der Waals surface area contributed by atoms with E-state index in [2.05, 4.69) is 4.98 Å². The van der Waals surface area contributed by atoms with Gasteiger partial charge in [0.25, 0.3) is 0 Å². The summed E-state index contributed by atoms with van der Waals surface area (Å²) in [6.45, 7) is 0. The molecule has 2 aromatic carbocycles. The zero-order valence-electron chi connectivity index (χ0n) is 14.9. The van der Waals surface area contributed by atoms with E-state index in [9.17, 15) is 9.18 Å². The summed E-state index contributed by atoms with van der Waals surface area (Å²) < 4.78 is 14.3. The number of nitriles is 1. The molecule has 0 bridgehead atoms. The first-order valence-electron chi connectivity index (χ1n) is 8.86. The van der Waals surface area contributed by atoms with Crippen LogP contribution < -0.4 is 0 Å². The Morgan fingerprint density at radius 3 is 2.56 bits per heavy atom. The van der Waals surface area contributed by atoms with E-state index in [4.69, 9.17) is 5.26 Å². The van der Waals surface area contributed by atoms with Crippen LogP contribution in [0.3, 0.4) is 0 Å². The first-order valence-corrected chi connectivity index (χ1v) is 8.86. The van der Waals surface area contributed by atoms with E-state index in [1.807, 2.05) is 42.5 Å². The van der Waals surface area contributed by atoms with Crippen LogP contribution in [0.5, 0.6) is 0 Å². The lowest BCUT2D eigenvalue weighted by Crippen LogP contribution is -2.03. The molecule has 0 amide bonds. The molecule has 27 heavy (non-hydrogen) atoms. The number of hydrogen-bond acceptors (Lipinski definition) is 3. The Morgan fingerprint density at radius 2 is 1.85 bits per heavy atom. The van der Waals surface area contributed by atoms with Gasteiger partial charge in [0, 0.05) is 30.8 Å². The summed E-state index contributed by atoms with van der Waals surface area (Å²) in [6.07, 6.45) is 5.92. The van der Waals surface area contributed by atoms with Crippen molar-refractivity contribution < 1.29 is 9.18 Å². The molecule has 0 radical (unpaired) electrons. The third-order valence-corrected chi connectivity index (χ3v) is 4.43. The van der Waals surface area contributed by atoms with Crippen molar-refractivity contribution in [2.75, 3.05) is 0 Å². The molecule has 1 aromatic heterocycles. The van der Waals surface area contributed by atoms with Crippen molar-refractivity contribution in [3.63, 3.8) is 0 Å². The van der Waals surface area contributed by atoms with Gasteiger partial charge in [0.15, 0.2) is 0 Å². The highest BCUT2D eigenvalue weighted by Gasteiger charge is 2.09. The maximum Gasteiger partial charge on any atom is 0.148 e.